The molecule has 102 valence electrons. The molecule has 8 heteroatoms. The molecule has 0 spiro atoms. The van der Waals surface area contributed by atoms with Crippen LogP contribution in [-0.4, -0.2) is 35.3 Å². The average molecular weight is 275 g/mol. The molecule has 2 N–H and O–H groups in total. The van der Waals surface area contributed by atoms with Gasteiger partial charge in [-0.2, -0.15) is 9.82 Å². The van der Waals surface area contributed by atoms with Crippen molar-refractivity contribution in [2.45, 2.75) is 31.7 Å². The molecule has 1 rings (SSSR count). The van der Waals surface area contributed by atoms with Crippen molar-refractivity contribution in [2.24, 2.45) is 12.5 Å². The van der Waals surface area contributed by atoms with Crippen LogP contribution in [0.2, 0.25) is 0 Å². The van der Waals surface area contributed by atoms with E-state index < -0.39 is 27.4 Å². The number of hydrogen-bond donors (Lipinski definition) is 2. The first-order valence-electron chi connectivity index (χ1n) is 5.28. The van der Waals surface area contributed by atoms with Gasteiger partial charge in [-0.25, -0.2) is 8.42 Å². The molecule has 1 aromatic rings. The minimum absolute atomic E-state index is 0.0551. The van der Waals surface area contributed by atoms with E-state index in [9.17, 15) is 13.2 Å². The Kier molecular flexibility index (Phi) is 3.82. The second-order valence-electron chi connectivity index (χ2n) is 5.11. The van der Waals surface area contributed by atoms with Crippen molar-refractivity contribution in [1.29, 1.82) is 0 Å². The molecule has 0 unspecified atom stereocenters. The number of hydrogen-bond acceptors (Lipinski definition) is 4. The fraction of sp³-hybridized carbons (Fsp3) is 0.600. The number of carboxylic acid groups (broad SMARTS) is 1. The number of rotatable bonds is 4. The predicted molar refractivity (Wildman–Crippen MR) is 64.4 cm³/mol. The van der Waals surface area contributed by atoms with Gasteiger partial charge in [0.15, 0.2) is 0 Å². The van der Waals surface area contributed by atoms with Crippen LogP contribution < -0.4 is 4.72 Å². The summed E-state index contributed by atoms with van der Waals surface area (Å²) in [7, 11) is -2.30. The molecule has 0 saturated heterocycles. The number of aliphatic carboxylic acids is 1. The first-order chi connectivity index (χ1) is 8.04. The molecular formula is C10H17N3O4S. The quantitative estimate of drug-likeness (QED) is 0.817. The maximum absolute atomic E-state index is 12.0. The molecule has 0 aliphatic rings. The maximum Gasteiger partial charge on any atom is 0.322 e. The molecule has 7 nitrogen and oxygen atoms in total. The molecule has 1 aromatic heterocycles. The second-order valence-corrected chi connectivity index (χ2v) is 6.82. The van der Waals surface area contributed by atoms with Crippen LogP contribution in [0, 0.1) is 5.41 Å². The molecule has 0 aliphatic heterocycles. The van der Waals surface area contributed by atoms with Crippen LogP contribution in [0.1, 0.15) is 20.8 Å². The fourth-order valence-corrected chi connectivity index (χ4v) is 2.74. The summed E-state index contributed by atoms with van der Waals surface area (Å²) in [6.45, 7) is 4.95. The van der Waals surface area contributed by atoms with Crippen molar-refractivity contribution in [2.75, 3.05) is 0 Å². The molecule has 1 atom stereocenters. The highest BCUT2D eigenvalue weighted by Gasteiger charge is 2.35. The number of nitrogens with zero attached hydrogens (tertiary/aromatic N) is 2. The summed E-state index contributed by atoms with van der Waals surface area (Å²) in [6, 6.07) is -1.21. The highest BCUT2D eigenvalue weighted by atomic mass is 32.2. The topological polar surface area (TPSA) is 101 Å². The van der Waals surface area contributed by atoms with Crippen molar-refractivity contribution in [3.8, 4) is 0 Å². The van der Waals surface area contributed by atoms with Gasteiger partial charge in [-0.3, -0.25) is 9.48 Å². The van der Waals surface area contributed by atoms with Crippen LogP contribution in [0.5, 0.6) is 0 Å². The standard InChI is InChI=1S/C10H17N3O4S/c1-10(2,3)8(9(14)15)12-18(16,17)7-5-11-13(4)6-7/h5-6,8,12H,1-4H3,(H,14,15)/t8-/m1/s1. The van der Waals surface area contributed by atoms with E-state index in [4.69, 9.17) is 5.11 Å². The van der Waals surface area contributed by atoms with E-state index in [1.165, 1.54) is 17.1 Å². The van der Waals surface area contributed by atoms with Gasteiger partial charge in [0, 0.05) is 13.2 Å². The third kappa shape index (κ3) is 3.30. The predicted octanol–water partition coefficient (Wildman–Crippen LogP) is 0.198. The Bertz CT molecular complexity index is 542. The van der Waals surface area contributed by atoms with Crippen LogP contribution in [0.15, 0.2) is 17.3 Å². The second kappa shape index (κ2) is 4.69. The summed E-state index contributed by atoms with van der Waals surface area (Å²) in [5.41, 5.74) is -0.735. The first kappa shape index (κ1) is 14.7. The van der Waals surface area contributed by atoms with Crippen molar-refractivity contribution >= 4 is 16.0 Å². The number of carbonyl (C=O) groups is 1. The number of carboxylic acids is 1. The van der Waals surface area contributed by atoms with Gasteiger partial charge in [0.05, 0.1) is 6.20 Å². The molecule has 1 heterocycles. The highest BCUT2D eigenvalue weighted by Crippen LogP contribution is 2.21. The minimum Gasteiger partial charge on any atom is -0.480 e. The zero-order valence-corrected chi connectivity index (χ0v) is 11.5. The van der Waals surface area contributed by atoms with Gasteiger partial charge < -0.3 is 5.11 Å². The Balaban J connectivity index is 3.05. The lowest BCUT2D eigenvalue weighted by Crippen LogP contribution is -2.48. The third-order valence-corrected chi connectivity index (χ3v) is 3.75. The molecular weight excluding hydrogens is 258 g/mol. The summed E-state index contributed by atoms with van der Waals surface area (Å²) >= 11 is 0. The van der Waals surface area contributed by atoms with Crippen LogP contribution >= 0.6 is 0 Å². The van der Waals surface area contributed by atoms with E-state index >= 15 is 0 Å². The number of aryl methyl sites for hydroxylation is 1. The Morgan fingerprint density at radius 3 is 2.39 bits per heavy atom. The van der Waals surface area contributed by atoms with Crippen molar-refractivity contribution in [3.05, 3.63) is 12.4 Å². The van der Waals surface area contributed by atoms with Crippen molar-refractivity contribution in [3.63, 3.8) is 0 Å². The van der Waals surface area contributed by atoms with E-state index in [1.54, 1.807) is 27.8 Å². The average Bonchev–Trinajstić information content (AvgIpc) is 2.60. The summed E-state index contributed by atoms with van der Waals surface area (Å²) in [5, 5.41) is 12.8. The zero-order chi connectivity index (χ0) is 14.1. The molecule has 0 bridgehead atoms. The molecule has 18 heavy (non-hydrogen) atoms. The summed E-state index contributed by atoms with van der Waals surface area (Å²) < 4.78 is 27.5. The lowest BCUT2D eigenvalue weighted by atomic mass is 9.88. The van der Waals surface area contributed by atoms with Gasteiger partial charge in [0.1, 0.15) is 10.9 Å². The van der Waals surface area contributed by atoms with Crippen LogP contribution in [0.3, 0.4) is 0 Å². The Hall–Kier alpha value is -1.41. The van der Waals surface area contributed by atoms with Gasteiger partial charge >= 0.3 is 5.97 Å². The van der Waals surface area contributed by atoms with Gasteiger partial charge in [-0.15, -0.1) is 0 Å². The smallest absolute Gasteiger partial charge is 0.322 e. The van der Waals surface area contributed by atoms with Gasteiger partial charge in [0.25, 0.3) is 0 Å². The summed E-state index contributed by atoms with van der Waals surface area (Å²) in [5.74, 6) is -1.21. The molecule has 0 fully saturated rings. The van der Waals surface area contributed by atoms with Crippen molar-refractivity contribution < 1.29 is 18.3 Å². The van der Waals surface area contributed by atoms with Gasteiger partial charge in [0.2, 0.25) is 10.0 Å². The molecule has 0 amide bonds. The van der Waals surface area contributed by atoms with Gasteiger partial charge in [-0.1, -0.05) is 20.8 Å². The van der Waals surface area contributed by atoms with E-state index in [0.29, 0.717) is 0 Å². The molecule has 0 aliphatic carbocycles. The van der Waals surface area contributed by atoms with E-state index in [-0.39, 0.29) is 4.90 Å². The molecule has 0 radical (unpaired) electrons. The lowest BCUT2D eigenvalue weighted by Gasteiger charge is -2.27. The normalized spacial score (nSPS) is 14.4. The first-order valence-corrected chi connectivity index (χ1v) is 6.76. The number of nitrogens with one attached hydrogen (secondary N) is 1. The third-order valence-electron chi connectivity index (χ3n) is 2.38. The Labute approximate surface area is 106 Å². The van der Waals surface area contributed by atoms with E-state index in [1.807, 2.05) is 0 Å². The molecule has 0 saturated carbocycles. The summed E-state index contributed by atoms with van der Waals surface area (Å²) in [6.07, 6.45) is 2.48. The van der Waals surface area contributed by atoms with Crippen molar-refractivity contribution in [1.82, 2.24) is 14.5 Å². The largest absolute Gasteiger partial charge is 0.480 e. The van der Waals surface area contributed by atoms with Crippen LogP contribution in [-0.2, 0) is 21.9 Å². The minimum atomic E-state index is -3.88. The highest BCUT2D eigenvalue weighted by molar-refractivity contribution is 7.89. The Morgan fingerprint density at radius 2 is 2.06 bits per heavy atom. The van der Waals surface area contributed by atoms with E-state index in [2.05, 4.69) is 9.82 Å². The summed E-state index contributed by atoms with van der Waals surface area (Å²) in [4.78, 5) is 11.1. The Morgan fingerprint density at radius 1 is 1.50 bits per heavy atom. The zero-order valence-electron chi connectivity index (χ0n) is 10.7. The molecule has 0 aromatic carbocycles. The number of sulfonamides is 1. The van der Waals surface area contributed by atoms with E-state index in [0.717, 1.165) is 0 Å². The number of aromatic nitrogens is 2. The van der Waals surface area contributed by atoms with Crippen LogP contribution in [0.4, 0.5) is 0 Å². The monoisotopic (exact) mass is 275 g/mol. The van der Waals surface area contributed by atoms with Crippen LogP contribution in [0.25, 0.3) is 0 Å². The maximum atomic E-state index is 12.0. The fourth-order valence-electron chi connectivity index (χ4n) is 1.36. The SMILES string of the molecule is Cn1cc(S(=O)(=O)N[C@H](C(=O)O)C(C)(C)C)cn1. The lowest BCUT2D eigenvalue weighted by molar-refractivity contribution is -0.141. The van der Waals surface area contributed by atoms with Gasteiger partial charge in [-0.05, 0) is 5.41 Å².